The van der Waals surface area contributed by atoms with Crippen LogP contribution < -0.4 is 4.90 Å². The molecule has 0 unspecified atom stereocenters. The van der Waals surface area contributed by atoms with Crippen LogP contribution in [0.1, 0.15) is 36.8 Å². The van der Waals surface area contributed by atoms with E-state index in [0.29, 0.717) is 6.42 Å². The van der Waals surface area contributed by atoms with Gasteiger partial charge in [-0.3, -0.25) is 0 Å². The minimum Gasteiger partial charge on any atom is -0.477 e. The second kappa shape index (κ2) is 10.8. The summed E-state index contributed by atoms with van der Waals surface area (Å²) in [6, 6.07) is 8.05. The van der Waals surface area contributed by atoms with Crippen molar-refractivity contribution in [2.24, 2.45) is 0 Å². The number of carbonyl (C=O) groups excluding carboxylic acids is 1. The molecule has 0 atom stereocenters. The Hall–Kier alpha value is -3.13. The smallest absolute Gasteiger partial charge is 0.346 e. The largest absolute Gasteiger partial charge is 0.477 e. The molecule has 0 spiro atoms. The number of rotatable bonds is 9. The quantitative estimate of drug-likeness (QED) is 0.236. The molecule has 0 aliphatic carbocycles. The second-order valence-corrected chi connectivity index (χ2v) is 6.38. The summed E-state index contributed by atoms with van der Waals surface area (Å²) >= 11 is 0. The van der Waals surface area contributed by atoms with E-state index < -0.39 is 5.97 Å². The highest BCUT2D eigenvalue weighted by Crippen LogP contribution is 2.25. The summed E-state index contributed by atoms with van der Waals surface area (Å²) in [5, 5.41) is 17.5. The number of nitrogens with zero attached hydrogens (tertiary/aromatic N) is 2. The van der Waals surface area contributed by atoms with E-state index in [1.165, 1.54) is 36.2 Å². The van der Waals surface area contributed by atoms with E-state index in [4.69, 9.17) is 10.4 Å². The number of anilines is 1. The molecule has 1 saturated heterocycles. The highest BCUT2D eigenvalue weighted by atomic mass is 16.4. The third-order valence-electron chi connectivity index (χ3n) is 4.48. The Morgan fingerprint density at radius 3 is 2.67 bits per heavy atom. The van der Waals surface area contributed by atoms with Crippen LogP contribution in [-0.2, 0) is 16.0 Å². The van der Waals surface area contributed by atoms with Gasteiger partial charge in [-0.1, -0.05) is 30.4 Å². The summed E-state index contributed by atoms with van der Waals surface area (Å²) in [6.45, 7) is 2.17. The number of aldehydes is 1. The molecular formula is C22H24N2O3. The lowest BCUT2D eigenvalue weighted by atomic mass is 10.00. The Morgan fingerprint density at radius 2 is 2.00 bits per heavy atom. The predicted octanol–water partition coefficient (Wildman–Crippen LogP) is 3.91. The van der Waals surface area contributed by atoms with Gasteiger partial charge in [0.25, 0.3) is 0 Å². The number of carbonyl (C=O) groups is 2. The number of aryl methyl sites for hydroxylation is 1. The number of hydrogen-bond donors (Lipinski definition) is 1. The molecule has 140 valence electrons. The first-order valence-corrected chi connectivity index (χ1v) is 9.15. The van der Waals surface area contributed by atoms with Crippen LogP contribution in [0.25, 0.3) is 6.08 Å². The van der Waals surface area contributed by atoms with Gasteiger partial charge in [-0.2, -0.15) is 5.26 Å². The third-order valence-corrected chi connectivity index (χ3v) is 4.48. The molecule has 0 saturated carbocycles. The third kappa shape index (κ3) is 6.27. The van der Waals surface area contributed by atoms with Gasteiger partial charge in [-0.15, -0.1) is 0 Å². The zero-order chi connectivity index (χ0) is 19.5. The maximum atomic E-state index is 10.8. The summed E-state index contributed by atoms with van der Waals surface area (Å²) in [6.07, 6.45) is 13.9. The van der Waals surface area contributed by atoms with Gasteiger partial charge in [0.2, 0.25) is 0 Å². The minimum absolute atomic E-state index is 0.302. The maximum Gasteiger partial charge on any atom is 0.346 e. The number of unbranched alkanes of at least 4 members (excludes halogenated alkanes) is 1. The van der Waals surface area contributed by atoms with Crippen LogP contribution in [0, 0.1) is 11.3 Å². The molecule has 1 aliphatic rings. The van der Waals surface area contributed by atoms with E-state index in [2.05, 4.69) is 23.1 Å². The normalized spacial score (nSPS) is 14.8. The zero-order valence-corrected chi connectivity index (χ0v) is 15.3. The van der Waals surface area contributed by atoms with E-state index in [-0.39, 0.29) is 5.57 Å². The highest BCUT2D eigenvalue weighted by molar-refractivity contribution is 5.91. The molecule has 0 amide bonds. The standard InChI is InChI=1S/C22H24N2O3/c23-17-20(22(26)27)10-3-1-2-8-18-11-12-21(24-13-5-6-14-24)16-19(18)9-4-7-15-25/h1-3,8,10-12,15-16H,4-7,9,13-14H2,(H,26,27)/b3-1+,8-2+,20-10+. The van der Waals surface area contributed by atoms with Gasteiger partial charge in [0.05, 0.1) is 0 Å². The number of carboxylic acid groups (broad SMARTS) is 1. The Balaban J connectivity index is 2.14. The van der Waals surface area contributed by atoms with Crippen molar-refractivity contribution in [2.45, 2.75) is 32.1 Å². The maximum absolute atomic E-state index is 10.8. The molecule has 0 bridgehead atoms. The molecule has 1 N–H and O–H groups in total. The topological polar surface area (TPSA) is 81.4 Å². The van der Waals surface area contributed by atoms with Crippen molar-refractivity contribution in [2.75, 3.05) is 18.0 Å². The van der Waals surface area contributed by atoms with E-state index in [1.807, 2.05) is 12.2 Å². The molecular weight excluding hydrogens is 340 g/mol. The molecule has 1 aliphatic heterocycles. The van der Waals surface area contributed by atoms with E-state index in [9.17, 15) is 9.59 Å². The molecule has 27 heavy (non-hydrogen) atoms. The van der Waals surface area contributed by atoms with E-state index in [0.717, 1.165) is 37.8 Å². The molecule has 0 radical (unpaired) electrons. The van der Waals surface area contributed by atoms with Gasteiger partial charge >= 0.3 is 5.97 Å². The number of hydrogen-bond acceptors (Lipinski definition) is 4. The van der Waals surface area contributed by atoms with E-state index in [1.54, 1.807) is 12.1 Å². The Bertz CT molecular complexity index is 794. The highest BCUT2D eigenvalue weighted by Gasteiger charge is 2.13. The van der Waals surface area contributed by atoms with Crippen molar-refractivity contribution in [3.05, 3.63) is 59.2 Å². The Labute approximate surface area is 159 Å². The molecule has 1 aromatic rings. The van der Waals surface area contributed by atoms with Crippen molar-refractivity contribution in [1.82, 2.24) is 0 Å². The molecule has 5 heteroatoms. The van der Waals surface area contributed by atoms with Gasteiger partial charge in [0.15, 0.2) is 0 Å². The van der Waals surface area contributed by atoms with Crippen molar-refractivity contribution in [3.8, 4) is 6.07 Å². The van der Waals surface area contributed by atoms with Crippen molar-refractivity contribution in [1.29, 1.82) is 5.26 Å². The second-order valence-electron chi connectivity index (χ2n) is 6.38. The summed E-state index contributed by atoms with van der Waals surface area (Å²) < 4.78 is 0. The summed E-state index contributed by atoms with van der Waals surface area (Å²) in [5.41, 5.74) is 3.20. The van der Waals surface area contributed by atoms with Crippen LogP contribution in [0.4, 0.5) is 5.69 Å². The first-order chi connectivity index (χ1) is 13.2. The lowest BCUT2D eigenvalue weighted by Crippen LogP contribution is -2.17. The molecule has 2 rings (SSSR count). The number of allylic oxidation sites excluding steroid dienone is 4. The van der Waals surface area contributed by atoms with Gasteiger partial charge in [0, 0.05) is 25.2 Å². The molecule has 1 fully saturated rings. The fourth-order valence-electron chi connectivity index (χ4n) is 3.05. The van der Waals surface area contributed by atoms with Crippen LogP contribution in [0.5, 0.6) is 0 Å². The lowest BCUT2D eigenvalue weighted by Gasteiger charge is -2.19. The Morgan fingerprint density at radius 1 is 1.22 bits per heavy atom. The van der Waals surface area contributed by atoms with Gasteiger partial charge in [-0.05, 0) is 55.0 Å². The molecule has 1 heterocycles. The number of nitriles is 1. The number of carboxylic acids is 1. The van der Waals surface area contributed by atoms with Crippen LogP contribution in [0.3, 0.4) is 0 Å². The van der Waals surface area contributed by atoms with Crippen molar-refractivity contribution in [3.63, 3.8) is 0 Å². The zero-order valence-electron chi connectivity index (χ0n) is 15.3. The number of benzene rings is 1. The molecule has 1 aromatic carbocycles. The summed E-state index contributed by atoms with van der Waals surface area (Å²) in [4.78, 5) is 23.8. The average Bonchev–Trinajstić information content (AvgIpc) is 3.20. The Kier molecular flexibility index (Phi) is 8.05. The first kappa shape index (κ1) is 20.2. The van der Waals surface area contributed by atoms with Crippen molar-refractivity contribution < 1.29 is 14.7 Å². The monoisotopic (exact) mass is 364 g/mol. The van der Waals surface area contributed by atoms with Gasteiger partial charge in [-0.25, -0.2) is 4.79 Å². The van der Waals surface area contributed by atoms with E-state index >= 15 is 0 Å². The van der Waals surface area contributed by atoms with Gasteiger partial charge < -0.3 is 14.8 Å². The number of aliphatic carboxylic acids is 1. The van der Waals surface area contributed by atoms with Crippen LogP contribution in [0.2, 0.25) is 0 Å². The summed E-state index contributed by atoms with van der Waals surface area (Å²) in [5.74, 6) is -1.24. The van der Waals surface area contributed by atoms with Crippen LogP contribution in [-0.4, -0.2) is 30.5 Å². The fraction of sp³-hybridized carbons (Fsp3) is 0.318. The van der Waals surface area contributed by atoms with Gasteiger partial charge in [0.1, 0.15) is 17.9 Å². The predicted molar refractivity (Wildman–Crippen MR) is 106 cm³/mol. The minimum atomic E-state index is -1.24. The lowest BCUT2D eigenvalue weighted by molar-refractivity contribution is -0.132. The van der Waals surface area contributed by atoms with Crippen LogP contribution in [0.15, 0.2) is 48.1 Å². The molecule has 5 nitrogen and oxygen atoms in total. The first-order valence-electron chi connectivity index (χ1n) is 9.15. The average molecular weight is 364 g/mol. The summed E-state index contributed by atoms with van der Waals surface area (Å²) in [7, 11) is 0. The van der Waals surface area contributed by atoms with Crippen LogP contribution >= 0.6 is 0 Å². The van der Waals surface area contributed by atoms with Crippen molar-refractivity contribution >= 4 is 24.0 Å². The SMILES string of the molecule is N#C\C(=C/C=C/C=C/c1ccc(N2CCCC2)cc1CCCC=O)C(=O)O. The molecule has 0 aromatic heterocycles. The fourth-order valence-corrected chi connectivity index (χ4v) is 3.05.